The molecule has 1 heterocycles. The van der Waals surface area contributed by atoms with Gasteiger partial charge in [0.1, 0.15) is 0 Å². The van der Waals surface area contributed by atoms with E-state index in [1.165, 1.54) is 6.92 Å². The maximum Gasteiger partial charge on any atom is 0.416 e. The second-order valence-electron chi connectivity index (χ2n) is 3.79. The molecule has 100 valence electrons. The Balaban J connectivity index is 2.46. The normalized spacial score (nSPS) is 11.6. The van der Waals surface area contributed by atoms with Crippen molar-refractivity contribution in [2.45, 2.75) is 13.1 Å². The zero-order chi connectivity index (χ0) is 14.2. The van der Waals surface area contributed by atoms with Crippen molar-refractivity contribution in [3.05, 3.63) is 41.4 Å². The summed E-state index contributed by atoms with van der Waals surface area (Å²) in [5.41, 5.74) is -0.910. The molecule has 1 aromatic heterocycles. The molecule has 0 bridgehead atoms. The summed E-state index contributed by atoms with van der Waals surface area (Å²) in [5.74, 6) is -1.22. The largest absolute Gasteiger partial charge is 0.476 e. The molecule has 0 aliphatic rings. The first-order valence-electron chi connectivity index (χ1n) is 5.17. The standard InChI is InChI=1S/C12H8F3NO3/c1-6-16-9(11(17)18)10(19-6)7-2-4-8(5-3-7)12(13,14)15/h2-5H,1H3,(H,17,18). The summed E-state index contributed by atoms with van der Waals surface area (Å²) in [6.07, 6.45) is -4.44. The van der Waals surface area contributed by atoms with Gasteiger partial charge < -0.3 is 9.52 Å². The molecule has 0 aliphatic carbocycles. The van der Waals surface area contributed by atoms with Crippen molar-refractivity contribution in [1.82, 2.24) is 4.98 Å². The van der Waals surface area contributed by atoms with E-state index in [-0.39, 0.29) is 22.9 Å². The number of rotatable bonds is 2. The third kappa shape index (κ3) is 2.59. The highest BCUT2D eigenvalue weighted by molar-refractivity contribution is 5.92. The first kappa shape index (κ1) is 13.1. The molecular weight excluding hydrogens is 263 g/mol. The Hall–Kier alpha value is -2.31. The van der Waals surface area contributed by atoms with Crippen LogP contribution in [-0.4, -0.2) is 16.1 Å². The molecule has 0 spiro atoms. The predicted molar refractivity (Wildman–Crippen MR) is 58.6 cm³/mol. The average molecular weight is 271 g/mol. The fourth-order valence-electron chi connectivity index (χ4n) is 1.58. The Morgan fingerprint density at radius 1 is 1.26 bits per heavy atom. The third-order valence-electron chi connectivity index (χ3n) is 2.41. The Morgan fingerprint density at radius 2 is 1.84 bits per heavy atom. The summed E-state index contributed by atoms with van der Waals surface area (Å²) in [4.78, 5) is 14.6. The van der Waals surface area contributed by atoms with E-state index >= 15 is 0 Å². The highest BCUT2D eigenvalue weighted by atomic mass is 19.4. The first-order valence-corrected chi connectivity index (χ1v) is 5.17. The number of aromatic carboxylic acids is 1. The smallest absolute Gasteiger partial charge is 0.416 e. The van der Waals surface area contributed by atoms with Crippen LogP contribution in [0.5, 0.6) is 0 Å². The molecule has 4 nitrogen and oxygen atoms in total. The molecule has 0 saturated heterocycles. The lowest BCUT2D eigenvalue weighted by atomic mass is 10.1. The van der Waals surface area contributed by atoms with Gasteiger partial charge in [-0.1, -0.05) is 12.1 Å². The van der Waals surface area contributed by atoms with Crippen LogP contribution in [0.2, 0.25) is 0 Å². The van der Waals surface area contributed by atoms with Gasteiger partial charge in [-0.2, -0.15) is 13.2 Å². The average Bonchev–Trinajstić information content (AvgIpc) is 2.70. The minimum absolute atomic E-state index is 0.0567. The molecule has 0 saturated carbocycles. The van der Waals surface area contributed by atoms with Crippen molar-refractivity contribution in [2.75, 3.05) is 0 Å². The van der Waals surface area contributed by atoms with Crippen molar-refractivity contribution in [1.29, 1.82) is 0 Å². The van der Waals surface area contributed by atoms with Crippen LogP contribution < -0.4 is 0 Å². The van der Waals surface area contributed by atoms with Crippen LogP contribution in [0.1, 0.15) is 21.9 Å². The maximum absolute atomic E-state index is 12.4. The second kappa shape index (κ2) is 4.42. The van der Waals surface area contributed by atoms with E-state index in [0.717, 1.165) is 24.3 Å². The van der Waals surface area contributed by atoms with Gasteiger partial charge in [0.2, 0.25) is 0 Å². The van der Waals surface area contributed by atoms with Gasteiger partial charge in [-0.15, -0.1) is 0 Å². The van der Waals surface area contributed by atoms with Gasteiger partial charge in [-0.25, -0.2) is 9.78 Å². The summed E-state index contributed by atoms with van der Waals surface area (Å²) in [6, 6.07) is 4.02. The number of carboxylic acids is 1. The molecule has 19 heavy (non-hydrogen) atoms. The molecule has 1 N–H and O–H groups in total. The third-order valence-corrected chi connectivity index (χ3v) is 2.41. The molecular formula is C12H8F3NO3. The summed E-state index contributed by atoms with van der Waals surface area (Å²) >= 11 is 0. The van der Waals surface area contributed by atoms with Crippen LogP contribution in [0.25, 0.3) is 11.3 Å². The quantitative estimate of drug-likeness (QED) is 0.909. The van der Waals surface area contributed by atoms with Gasteiger partial charge in [0.15, 0.2) is 17.3 Å². The van der Waals surface area contributed by atoms with Crippen molar-refractivity contribution < 1.29 is 27.5 Å². The highest BCUT2D eigenvalue weighted by Crippen LogP contribution is 2.32. The van der Waals surface area contributed by atoms with Crippen molar-refractivity contribution in [3.8, 4) is 11.3 Å². The summed E-state index contributed by atoms with van der Waals surface area (Å²) in [5, 5.41) is 8.92. The number of halogens is 3. The van der Waals surface area contributed by atoms with E-state index in [0.29, 0.717) is 0 Å². The Labute approximate surface area is 105 Å². The van der Waals surface area contributed by atoms with Crippen molar-refractivity contribution in [3.63, 3.8) is 0 Å². The van der Waals surface area contributed by atoms with E-state index in [2.05, 4.69) is 4.98 Å². The minimum atomic E-state index is -4.44. The molecule has 0 amide bonds. The molecule has 0 fully saturated rings. The molecule has 0 atom stereocenters. The van der Waals surface area contributed by atoms with Crippen LogP contribution in [-0.2, 0) is 6.18 Å². The van der Waals surface area contributed by atoms with Gasteiger partial charge in [0.25, 0.3) is 0 Å². The van der Waals surface area contributed by atoms with Crippen LogP contribution in [0.3, 0.4) is 0 Å². The fourth-order valence-corrected chi connectivity index (χ4v) is 1.58. The Bertz CT molecular complexity index is 614. The van der Waals surface area contributed by atoms with Crippen molar-refractivity contribution in [2.24, 2.45) is 0 Å². The Kier molecular flexibility index (Phi) is 3.05. The number of aryl methyl sites for hydroxylation is 1. The van der Waals surface area contributed by atoms with Crippen LogP contribution in [0, 0.1) is 6.92 Å². The van der Waals surface area contributed by atoms with E-state index in [1.807, 2.05) is 0 Å². The zero-order valence-electron chi connectivity index (χ0n) is 9.65. The Morgan fingerprint density at radius 3 is 2.32 bits per heavy atom. The number of alkyl halides is 3. The lowest BCUT2D eigenvalue weighted by Gasteiger charge is -2.06. The molecule has 7 heteroatoms. The summed E-state index contributed by atoms with van der Waals surface area (Å²) < 4.78 is 42.3. The van der Waals surface area contributed by atoms with Crippen LogP contribution in [0.4, 0.5) is 13.2 Å². The molecule has 1 aromatic carbocycles. The van der Waals surface area contributed by atoms with Gasteiger partial charge in [-0.05, 0) is 12.1 Å². The van der Waals surface area contributed by atoms with E-state index in [4.69, 9.17) is 9.52 Å². The number of nitrogens with zero attached hydrogens (tertiary/aromatic N) is 1. The number of benzene rings is 1. The monoisotopic (exact) mass is 271 g/mol. The molecule has 2 aromatic rings. The predicted octanol–water partition coefficient (Wildman–Crippen LogP) is 3.37. The first-order chi connectivity index (χ1) is 8.79. The van der Waals surface area contributed by atoms with Crippen LogP contribution in [0.15, 0.2) is 28.7 Å². The van der Waals surface area contributed by atoms with Crippen molar-refractivity contribution >= 4 is 5.97 Å². The number of carboxylic acid groups (broad SMARTS) is 1. The van der Waals surface area contributed by atoms with Gasteiger partial charge >= 0.3 is 12.1 Å². The topological polar surface area (TPSA) is 63.3 Å². The zero-order valence-corrected chi connectivity index (χ0v) is 9.65. The molecule has 0 radical (unpaired) electrons. The SMILES string of the molecule is Cc1nc(C(=O)O)c(-c2ccc(C(F)(F)F)cc2)o1. The van der Waals surface area contributed by atoms with Gasteiger partial charge in [0.05, 0.1) is 5.56 Å². The summed E-state index contributed by atoms with van der Waals surface area (Å²) in [6.45, 7) is 1.46. The lowest BCUT2D eigenvalue weighted by molar-refractivity contribution is -0.137. The fraction of sp³-hybridized carbons (Fsp3) is 0.167. The highest BCUT2D eigenvalue weighted by Gasteiger charge is 2.30. The number of oxazole rings is 1. The lowest BCUT2D eigenvalue weighted by Crippen LogP contribution is -2.04. The number of aromatic nitrogens is 1. The number of hydrogen-bond acceptors (Lipinski definition) is 3. The number of hydrogen-bond donors (Lipinski definition) is 1. The molecule has 0 aliphatic heterocycles. The van der Waals surface area contributed by atoms with E-state index < -0.39 is 17.7 Å². The van der Waals surface area contributed by atoms with Crippen LogP contribution >= 0.6 is 0 Å². The number of carbonyl (C=O) groups is 1. The van der Waals surface area contributed by atoms with Gasteiger partial charge in [0, 0.05) is 12.5 Å². The van der Waals surface area contributed by atoms with Gasteiger partial charge in [-0.3, -0.25) is 0 Å². The van der Waals surface area contributed by atoms with E-state index in [1.54, 1.807) is 0 Å². The molecule has 0 unspecified atom stereocenters. The summed E-state index contributed by atoms with van der Waals surface area (Å²) in [7, 11) is 0. The molecule has 2 rings (SSSR count). The van der Waals surface area contributed by atoms with E-state index in [9.17, 15) is 18.0 Å². The second-order valence-corrected chi connectivity index (χ2v) is 3.79. The minimum Gasteiger partial charge on any atom is -0.476 e. The maximum atomic E-state index is 12.4.